The van der Waals surface area contributed by atoms with Gasteiger partial charge >= 0.3 is 23.9 Å². The number of carbonyl (C=O) groups excluding carboxylic acids is 8. The second-order valence-corrected chi connectivity index (χ2v) is 24.0. The van der Waals surface area contributed by atoms with Gasteiger partial charge in [0.1, 0.15) is 36.8 Å². The van der Waals surface area contributed by atoms with Gasteiger partial charge in [0.25, 0.3) is 23.6 Å². The van der Waals surface area contributed by atoms with Crippen LogP contribution in [0.5, 0.6) is 0 Å². The maximum atomic E-state index is 15.1. The van der Waals surface area contributed by atoms with Crippen molar-refractivity contribution in [1.29, 1.82) is 0 Å². The van der Waals surface area contributed by atoms with Gasteiger partial charge < -0.3 is 38.5 Å². The van der Waals surface area contributed by atoms with Gasteiger partial charge in [-0.05, 0) is 110 Å². The number of ether oxygens (including phenoxy) is 4. The monoisotopic (exact) mass is 1160 g/mol. The third-order valence-electron chi connectivity index (χ3n) is 15.2. The summed E-state index contributed by atoms with van der Waals surface area (Å²) in [4.78, 5) is 139. The summed E-state index contributed by atoms with van der Waals surface area (Å²) in [6, 6.07) is 9.62. The van der Waals surface area contributed by atoms with E-state index in [9.17, 15) is 28.8 Å². The molecule has 5 rings (SSSR count). The maximum absolute atomic E-state index is 15.1. The Labute approximate surface area is 495 Å². The molecule has 1 aliphatic rings. The van der Waals surface area contributed by atoms with E-state index in [4.69, 9.17) is 18.9 Å². The minimum Gasteiger partial charge on any atom is -0.451 e. The second kappa shape index (κ2) is 30.8. The number of benzene rings is 2. The molecule has 1 fully saturated rings. The van der Waals surface area contributed by atoms with Gasteiger partial charge in [0.05, 0.1) is 0 Å². The summed E-state index contributed by atoms with van der Waals surface area (Å²) in [5.41, 5.74) is 6.60. The van der Waals surface area contributed by atoms with Crippen molar-refractivity contribution in [2.75, 3.05) is 28.2 Å². The Morgan fingerprint density at radius 3 is 0.940 bits per heavy atom. The van der Waals surface area contributed by atoms with Gasteiger partial charge in [0.15, 0.2) is 24.4 Å². The van der Waals surface area contributed by atoms with Crippen LogP contribution in [0.15, 0.2) is 73.6 Å². The molecule has 456 valence electrons. The van der Waals surface area contributed by atoms with Crippen molar-refractivity contribution in [2.45, 2.75) is 183 Å². The van der Waals surface area contributed by atoms with Crippen LogP contribution in [0.1, 0.15) is 140 Å². The topological polar surface area (TPSA) is 238 Å². The number of amides is 4. The molecule has 4 amide bonds. The largest absolute Gasteiger partial charge is 0.451 e. The quantitative estimate of drug-likeness (QED) is 0.0807. The molecule has 0 saturated carbocycles. The van der Waals surface area contributed by atoms with E-state index >= 15 is 9.59 Å². The summed E-state index contributed by atoms with van der Waals surface area (Å²) in [5.74, 6) is -7.48. The highest BCUT2D eigenvalue weighted by molar-refractivity contribution is 5.94. The first-order valence-electron chi connectivity index (χ1n) is 29.1. The SMILES string of the molecule is Cc1ncncc1Cc1ccc(C[C@H]2OC(=O)[C@H](CC(C)C)N(C)C(=O)[C@@H](C)OC(=O)[C@H](CC(C)C)N(C)C(=O)[C@@H](Cc3ccc(Cc4cncnc4C)cc3)OC(=O)[C@H](CC(C)C)N(C)C(=O)[C@@H](C)OC(=O)[C@H](CC(C)C)N(C)C2=O)cc1. The van der Waals surface area contributed by atoms with E-state index in [0.29, 0.717) is 24.0 Å². The molecule has 1 saturated heterocycles. The summed E-state index contributed by atoms with van der Waals surface area (Å²) >= 11 is 0. The molecule has 20 nitrogen and oxygen atoms in total. The van der Waals surface area contributed by atoms with Crippen molar-refractivity contribution >= 4 is 47.5 Å². The van der Waals surface area contributed by atoms with Crippen molar-refractivity contribution in [2.24, 2.45) is 23.7 Å². The van der Waals surface area contributed by atoms with Crippen LogP contribution in [0.4, 0.5) is 0 Å². The average Bonchev–Trinajstić information content (AvgIpc) is 3.66. The Kier molecular flexibility index (Phi) is 24.6. The Balaban J connectivity index is 1.59. The molecule has 0 unspecified atom stereocenters. The lowest BCUT2D eigenvalue weighted by molar-refractivity contribution is -0.176. The third kappa shape index (κ3) is 18.7. The number of hydrogen-bond donors (Lipinski definition) is 0. The number of aryl methyl sites for hydroxylation is 2. The summed E-state index contributed by atoms with van der Waals surface area (Å²) in [6.45, 7) is 21.3. The highest BCUT2D eigenvalue weighted by Crippen LogP contribution is 2.25. The van der Waals surface area contributed by atoms with Gasteiger partial charge in [-0.1, -0.05) is 104 Å². The lowest BCUT2D eigenvalue weighted by Crippen LogP contribution is -2.55. The van der Waals surface area contributed by atoms with Crippen molar-refractivity contribution in [3.8, 4) is 0 Å². The summed E-state index contributed by atoms with van der Waals surface area (Å²) in [5, 5.41) is 0. The lowest BCUT2D eigenvalue weighted by atomic mass is 9.99. The number of likely N-dealkylation sites (N-methyl/N-ethyl adjacent to an activating group) is 4. The molecule has 20 heteroatoms. The molecule has 3 heterocycles. The molecule has 2 aromatic heterocycles. The second-order valence-electron chi connectivity index (χ2n) is 24.0. The summed E-state index contributed by atoms with van der Waals surface area (Å²) in [7, 11) is 5.57. The van der Waals surface area contributed by atoms with Crippen LogP contribution in [0.2, 0.25) is 0 Å². The number of esters is 4. The van der Waals surface area contributed by atoms with E-state index in [1.165, 1.54) is 54.7 Å². The molecule has 84 heavy (non-hydrogen) atoms. The molecule has 2 aromatic carbocycles. The molecule has 0 N–H and O–H groups in total. The molecule has 0 aliphatic carbocycles. The fraction of sp³-hybridized carbons (Fsp3) is 0.562. The molecule has 0 radical (unpaired) electrons. The zero-order valence-corrected chi connectivity index (χ0v) is 52.0. The first-order chi connectivity index (χ1) is 39.6. The van der Waals surface area contributed by atoms with E-state index in [0.717, 1.165) is 53.2 Å². The average molecular weight is 1160 g/mol. The molecular formula is C64H88N8O12. The first-order valence-corrected chi connectivity index (χ1v) is 29.1. The van der Waals surface area contributed by atoms with Crippen molar-refractivity contribution in [1.82, 2.24) is 39.5 Å². The van der Waals surface area contributed by atoms with Crippen molar-refractivity contribution in [3.63, 3.8) is 0 Å². The van der Waals surface area contributed by atoms with E-state index in [2.05, 4.69) is 19.9 Å². The predicted molar refractivity (Wildman–Crippen MR) is 314 cm³/mol. The highest BCUT2D eigenvalue weighted by atomic mass is 16.6. The van der Waals surface area contributed by atoms with Gasteiger partial charge in [0.2, 0.25) is 0 Å². The standard InChI is InChI=1S/C64H88N8O12/c1-37(2)25-51-61(77)81-43(11)57(73)69(13)54(28-40(7)8)64(80)84-56(32-48-23-19-46(20-24-48)30-50-34-66-36-68-42(50)10)60(76)72(16)52(26-38(3)4)62(78)82-44(12)58(74)70(14)53(27-39(5)6)63(79)83-55(59(75)71(51)15)31-47-21-17-45(18-22-47)29-49-33-65-35-67-41(49)9/h17-24,33-40,43-44,51-56H,25-32H2,1-16H3/t43-,44-,51+,52+,53+,54+,55-,56-/m1/s1. The fourth-order valence-corrected chi connectivity index (χ4v) is 10.1. The Hall–Kier alpha value is -7.64. The number of nitrogens with zero attached hydrogens (tertiary/aromatic N) is 8. The zero-order chi connectivity index (χ0) is 62.3. The number of rotatable bonds is 16. The third-order valence-corrected chi connectivity index (χ3v) is 15.2. The van der Waals surface area contributed by atoms with E-state index in [1.807, 2.05) is 118 Å². The fourth-order valence-electron chi connectivity index (χ4n) is 10.1. The van der Waals surface area contributed by atoms with E-state index in [1.54, 1.807) is 12.4 Å². The van der Waals surface area contributed by atoms with Crippen LogP contribution in [0.25, 0.3) is 0 Å². The summed E-state index contributed by atoms with van der Waals surface area (Å²) in [6.07, 6.45) is 1.50. The molecule has 1 aliphatic heterocycles. The lowest BCUT2D eigenvalue weighted by Gasteiger charge is -2.35. The van der Waals surface area contributed by atoms with Gasteiger partial charge in [0, 0.05) is 77.7 Å². The molecule has 4 aromatic rings. The molecular weight excluding hydrogens is 1070 g/mol. The number of carbonyl (C=O) groups is 8. The van der Waals surface area contributed by atoms with Crippen LogP contribution < -0.4 is 0 Å². The smallest absolute Gasteiger partial charge is 0.329 e. The molecule has 0 spiro atoms. The van der Waals surface area contributed by atoms with Gasteiger partial charge in [-0.25, -0.2) is 39.1 Å². The first kappa shape index (κ1) is 67.2. The van der Waals surface area contributed by atoms with E-state index in [-0.39, 0.29) is 62.2 Å². The number of hydrogen-bond acceptors (Lipinski definition) is 16. The Morgan fingerprint density at radius 2 is 0.667 bits per heavy atom. The minimum atomic E-state index is -1.54. The Morgan fingerprint density at radius 1 is 0.405 bits per heavy atom. The van der Waals surface area contributed by atoms with Crippen LogP contribution in [0.3, 0.4) is 0 Å². The van der Waals surface area contributed by atoms with Gasteiger partial charge in [-0.3, -0.25) is 19.2 Å². The maximum Gasteiger partial charge on any atom is 0.329 e. The van der Waals surface area contributed by atoms with Crippen molar-refractivity contribution < 1.29 is 57.3 Å². The van der Waals surface area contributed by atoms with Crippen molar-refractivity contribution in [3.05, 3.63) is 118 Å². The van der Waals surface area contributed by atoms with Gasteiger partial charge in [-0.2, -0.15) is 0 Å². The number of cyclic esters (lactones) is 4. The summed E-state index contributed by atoms with van der Waals surface area (Å²) < 4.78 is 24.3. The predicted octanol–water partition coefficient (Wildman–Crippen LogP) is 7.04. The minimum absolute atomic E-state index is 0.0776. The van der Waals surface area contributed by atoms with Crippen LogP contribution in [-0.2, 0) is 83.0 Å². The van der Waals surface area contributed by atoms with E-state index < -0.39 is 96.1 Å². The molecule has 8 atom stereocenters. The normalized spacial score (nSPS) is 22.6. The zero-order valence-electron chi connectivity index (χ0n) is 52.0. The highest BCUT2D eigenvalue weighted by Gasteiger charge is 2.43. The number of aromatic nitrogens is 4. The van der Waals surface area contributed by atoms with Gasteiger partial charge in [-0.15, -0.1) is 0 Å². The van der Waals surface area contributed by atoms with Crippen LogP contribution >= 0.6 is 0 Å². The molecule has 0 bridgehead atoms. The Bertz CT molecular complexity index is 2700. The van der Waals surface area contributed by atoms with Crippen LogP contribution in [-0.4, -0.2) is 164 Å². The van der Waals surface area contributed by atoms with Crippen LogP contribution in [0, 0.1) is 37.5 Å².